The number of aliphatic imine (C=N–C) groups is 1. The number of aromatic nitrogens is 2. The van der Waals surface area contributed by atoms with E-state index in [-0.39, 0.29) is 28.9 Å². The van der Waals surface area contributed by atoms with E-state index in [1.165, 1.54) is 7.05 Å². The van der Waals surface area contributed by atoms with Gasteiger partial charge in [0.05, 0.1) is 29.9 Å². The Labute approximate surface area is 206 Å². The molecule has 0 radical (unpaired) electrons. The van der Waals surface area contributed by atoms with Crippen molar-refractivity contribution in [3.8, 4) is 11.3 Å². The Morgan fingerprint density at radius 1 is 1.12 bits per heavy atom. The second-order valence-corrected chi connectivity index (χ2v) is 8.87. The van der Waals surface area contributed by atoms with Crippen LogP contribution in [0.1, 0.15) is 18.3 Å². The lowest BCUT2D eigenvalue weighted by molar-refractivity contribution is 0.464. The summed E-state index contributed by atoms with van der Waals surface area (Å²) >= 11 is 0. The van der Waals surface area contributed by atoms with Gasteiger partial charge in [-0.3, -0.25) is 0 Å². The van der Waals surface area contributed by atoms with Crippen molar-refractivity contribution >= 4 is 40.0 Å². The van der Waals surface area contributed by atoms with Crippen LogP contribution in [0.2, 0.25) is 0 Å². The minimum absolute atomic E-state index is 0. The van der Waals surface area contributed by atoms with Crippen molar-refractivity contribution in [1.29, 1.82) is 0 Å². The molecule has 1 heterocycles. The second kappa shape index (κ2) is 12.0. The van der Waals surface area contributed by atoms with Crippen molar-refractivity contribution in [1.82, 2.24) is 24.9 Å². The lowest BCUT2D eigenvalue weighted by Gasteiger charge is -2.21. The SMILES string of the molecule is CCNC(=NCc1ccc(S(=O)(=O)NC)cc1)N(C)Cc1ncc(-c2ccccc2)[nH]1.I. The fourth-order valence-electron chi connectivity index (χ4n) is 3.03. The van der Waals surface area contributed by atoms with Gasteiger partial charge in [0.25, 0.3) is 0 Å². The molecule has 32 heavy (non-hydrogen) atoms. The molecule has 3 aromatic rings. The highest BCUT2D eigenvalue weighted by Gasteiger charge is 2.12. The van der Waals surface area contributed by atoms with Crippen LogP contribution in [0.5, 0.6) is 0 Å². The number of nitrogens with zero attached hydrogens (tertiary/aromatic N) is 3. The van der Waals surface area contributed by atoms with Crippen LogP contribution in [0, 0.1) is 0 Å². The number of H-pyrrole nitrogens is 1. The summed E-state index contributed by atoms with van der Waals surface area (Å²) in [5.41, 5.74) is 2.99. The Balaban J connectivity index is 0.00000363. The Kier molecular flexibility index (Phi) is 9.66. The molecule has 0 fully saturated rings. The van der Waals surface area contributed by atoms with E-state index in [1.807, 2.05) is 55.4 Å². The van der Waals surface area contributed by atoms with Crippen LogP contribution in [-0.4, -0.2) is 49.9 Å². The highest BCUT2D eigenvalue weighted by atomic mass is 127. The average molecular weight is 568 g/mol. The van der Waals surface area contributed by atoms with Crippen molar-refractivity contribution < 1.29 is 8.42 Å². The summed E-state index contributed by atoms with van der Waals surface area (Å²) in [5, 5.41) is 3.28. The van der Waals surface area contributed by atoms with Gasteiger partial charge in [0.15, 0.2) is 5.96 Å². The minimum atomic E-state index is -3.44. The van der Waals surface area contributed by atoms with Crippen molar-refractivity contribution in [3.63, 3.8) is 0 Å². The first-order valence-corrected chi connectivity index (χ1v) is 11.5. The molecule has 0 aliphatic rings. The Morgan fingerprint density at radius 3 is 2.44 bits per heavy atom. The molecule has 0 unspecified atom stereocenters. The molecule has 0 saturated carbocycles. The molecule has 3 N–H and O–H groups in total. The van der Waals surface area contributed by atoms with Crippen molar-refractivity contribution in [2.45, 2.75) is 24.9 Å². The first kappa shape index (κ1) is 25.8. The molecular weight excluding hydrogens is 539 g/mol. The molecule has 0 aliphatic carbocycles. The molecule has 0 bridgehead atoms. The Morgan fingerprint density at radius 2 is 1.81 bits per heavy atom. The first-order chi connectivity index (χ1) is 14.9. The van der Waals surface area contributed by atoms with E-state index < -0.39 is 10.0 Å². The summed E-state index contributed by atoms with van der Waals surface area (Å²) in [6.45, 7) is 3.75. The second-order valence-electron chi connectivity index (χ2n) is 6.99. The molecule has 3 rings (SSSR count). The molecule has 1 aromatic heterocycles. The molecule has 0 spiro atoms. The zero-order valence-corrected chi connectivity index (χ0v) is 21.5. The number of hydrogen-bond acceptors (Lipinski definition) is 4. The van der Waals surface area contributed by atoms with Gasteiger partial charge in [-0.25, -0.2) is 23.1 Å². The molecule has 10 heteroatoms. The summed E-state index contributed by atoms with van der Waals surface area (Å²) in [7, 11) is -0.0880. The number of hydrogen-bond donors (Lipinski definition) is 3. The number of imidazole rings is 1. The zero-order chi connectivity index (χ0) is 22.3. The quantitative estimate of drug-likeness (QED) is 0.220. The third kappa shape index (κ3) is 6.78. The summed E-state index contributed by atoms with van der Waals surface area (Å²) < 4.78 is 26.0. The Hall–Kier alpha value is -2.44. The van der Waals surface area contributed by atoms with Crippen LogP contribution in [0.3, 0.4) is 0 Å². The lowest BCUT2D eigenvalue weighted by Crippen LogP contribution is -2.38. The third-order valence-electron chi connectivity index (χ3n) is 4.71. The molecule has 0 amide bonds. The minimum Gasteiger partial charge on any atom is -0.357 e. The number of guanidine groups is 1. The monoisotopic (exact) mass is 568 g/mol. The van der Waals surface area contributed by atoms with Gasteiger partial charge in [-0.2, -0.15) is 0 Å². The van der Waals surface area contributed by atoms with Crippen LogP contribution in [0.15, 0.2) is 70.7 Å². The summed E-state index contributed by atoms with van der Waals surface area (Å²) in [4.78, 5) is 14.8. The molecule has 0 atom stereocenters. The van der Waals surface area contributed by atoms with Gasteiger partial charge in [-0.15, -0.1) is 24.0 Å². The third-order valence-corrected chi connectivity index (χ3v) is 6.14. The summed E-state index contributed by atoms with van der Waals surface area (Å²) in [6.07, 6.45) is 1.84. The van der Waals surface area contributed by atoms with Crippen LogP contribution in [0.25, 0.3) is 11.3 Å². The number of aromatic amines is 1. The normalized spacial score (nSPS) is 11.7. The van der Waals surface area contributed by atoms with Gasteiger partial charge in [-0.1, -0.05) is 42.5 Å². The maximum atomic E-state index is 11.9. The molecular formula is C22H29IN6O2S. The van der Waals surface area contributed by atoms with Gasteiger partial charge in [-0.05, 0) is 37.2 Å². The maximum absolute atomic E-state index is 11.9. The highest BCUT2D eigenvalue weighted by molar-refractivity contribution is 14.0. The maximum Gasteiger partial charge on any atom is 0.240 e. The Bertz CT molecular complexity index is 1110. The summed E-state index contributed by atoms with van der Waals surface area (Å²) in [5.74, 6) is 1.58. The summed E-state index contributed by atoms with van der Waals surface area (Å²) in [6, 6.07) is 16.8. The number of halogens is 1. The standard InChI is InChI=1S/C22H28N6O2S.HI/c1-4-24-22(26-14-17-10-12-19(13-11-17)31(29,30)23-2)28(3)16-21-25-15-20(27-21)18-8-6-5-7-9-18;/h5-13,15,23H,4,14,16H2,1-3H3,(H,24,26)(H,25,27);1H. The van der Waals surface area contributed by atoms with Crippen LogP contribution < -0.4 is 10.0 Å². The van der Waals surface area contributed by atoms with E-state index >= 15 is 0 Å². The first-order valence-electron chi connectivity index (χ1n) is 10.0. The largest absolute Gasteiger partial charge is 0.357 e. The molecule has 0 saturated heterocycles. The lowest BCUT2D eigenvalue weighted by atomic mass is 10.2. The molecule has 172 valence electrons. The van der Waals surface area contributed by atoms with Crippen molar-refractivity contribution in [2.24, 2.45) is 4.99 Å². The van der Waals surface area contributed by atoms with E-state index in [1.54, 1.807) is 24.3 Å². The smallest absolute Gasteiger partial charge is 0.240 e. The predicted octanol–water partition coefficient (Wildman–Crippen LogP) is 3.20. The van der Waals surface area contributed by atoms with E-state index in [9.17, 15) is 8.42 Å². The van der Waals surface area contributed by atoms with Crippen molar-refractivity contribution in [3.05, 3.63) is 72.2 Å². The number of rotatable bonds is 8. The van der Waals surface area contributed by atoms with E-state index in [4.69, 9.17) is 0 Å². The van der Waals surface area contributed by atoms with Gasteiger partial charge in [0.2, 0.25) is 10.0 Å². The van der Waals surface area contributed by atoms with Crippen LogP contribution in [-0.2, 0) is 23.1 Å². The number of benzene rings is 2. The van der Waals surface area contributed by atoms with Crippen LogP contribution >= 0.6 is 24.0 Å². The average Bonchev–Trinajstić information content (AvgIpc) is 3.26. The molecule has 2 aromatic carbocycles. The van der Waals surface area contributed by atoms with Gasteiger partial charge in [0.1, 0.15) is 5.82 Å². The van der Waals surface area contributed by atoms with Gasteiger partial charge >= 0.3 is 0 Å². The highest BCUT2D eigenvalue weighted by Crippen LogP contribution is 2.16. The number of sulfonamides is 1. The van der Waals surface area contributed by atoms with E-state index in [0.717, 1.165) is 35.1 Å². The fraction of sp³-hybridized carbons (Fsp3) is 0.273. The zero-order valence-electron chi connectivity index (χ0n) is 18.4. The van der Waals surface area contributed by atoms with E-state index in [2.05, 4.69) is 25.0 Å². The van der Waals surface area contributed by atoms with Crippen LogP contribution in [0.4, 0.5) is 0 Å². The predicted molar refractivity (Wildman–Crippen MR) is 138 cm³/mol. The van der Waals surface area contributed by atoms with Gasteiger partial charge < -0.3 is 15.2 Å². The topological polar surface area (TPSA) is 102 Å². The van der Waals surface area contributed by atoms with Gasteiger partial charge in [0, 0.05) is 13.6 Å². The molecule has 0 aliphatic heterocycles. The van der Waals surface area contributed by atoms with Crippen molar-refractivity contribution in [2.75, 3.05) is 20.6 Å². The molecule has 8 nitrogen and oxygen atoms in total. The van der Waals surface area contributed by atoms with E-state index in [0.29, 0.717) is 13.1 Å². The fourth-order valence-corrected chi connectivity index (χ4v) is 3.76. The number of nitrogens with one attached hydrogen (secondary N) is 3.